The summed E-state index contributed by atoms with van der Waals surface area (Å²) in [6, 6.07) is 16.6. The Balaban J connectivity index is 1.34. The Morgan fingerprint density at radius 3 is 2.68 bits per heavy atom. The highest BCUT2D eigenvalue weighted by molar-refractivity contribution is 5.78. The number of likely N-dealkylation sites (N-methyl/N-ethyl adjacent to an activating group) is 2. The molecule has 1 aliphatic carbocycles. The van der Waals surface area contributed by atoms with Crippen LogP contribution in [0.15, 0.2) is 48.5 Å². The van der Waals surface area contributed by atoms with Gasteiger partial charge in [-0.2, -0.15) is 0 Å². The van der Waals surface area contributed by atoms with Crippen molar-refractivity contribution in [2.24, 2.45) is 0 Å². The van der Waals surface area contributed by atoms with Crippen LogP contribution in [0.5, 0.6) is 11.5 Å². The fraction of sp³-hybridized carbons (Fsp3) is 0.435. The summed E-state index contributed by atoms with van der Waals surface area (Å²) >= 11 is 0. The molecule has 148 valence electrons. The molecule has 0 radical (unpaired) electrons. The number of hydrogen-bond donors (Lipinski definition) is 0. The predicted molar refractivity (Wildman–Crippen MR) is 109 cm³/mol. The fourth-order valence-electron chi connectivity index (χ4n) is 4.19. The van der Waals surface area contributed by atoms with Crippen molar-refractivity contribution >= 4 is 5.91 Å². The molecule has 0 saturated carbocycles. The smallest absolute Gasteiger partial charge is 0.236 e. The minimum atomic E-state index is -0.149. The molecule has 1 aliphatic heterocycles. The molecule has 2 aromatic rings. The molecule has 4 rings (SSSR count). The third-order valence-corrected chi connectivity index (χ3v) is 5.73. The molecule has 0 aromatic heterocycles. The number of para-hydroxylation sites is 2. The number of hydrogen-bond acceptors (Lipinski definition) is 4. The van der Waals surface area contributed by atoms with Crippen molar-refractivity contribution < 1.29 is 14.3 Å². The monoisotopic (exact) mass is 380 g/mol. The summed E-state index contributed by atoms with van der Waals surface area (Å²) in [5.41, 5.74) is 2.78. The van der Waals surface area contributed by atoms with E-state index < -0.39 is 0 Å². The van der Waals surface area contributed by atoms with E-state index in [1.54, 1.807) is 4.90 Å². The summed E-state index contributed by atoms with van der Waals surface area (Å²) in [7, 11) is 3.89. The molecule has 0 fully saturated rings. The van der Waals surface area contributed by atoms with Gasteiger partial charge in [-0.1, -0.05) is 36.4 Å². The third kappa shape index (κ3) is 3.99. The average molecular weight is 380 g/mol. The number of fused-ring (bicyclic) bond motifs is 2. The third-order valence-electron chi connectivity index (χ3n) is 5.73. The van der Waals surface area contributed by atoms with Crippen LogP contribution >= 0.6 is 0 Å². The van der Waals surface area contributed by atoms with Crippen molar-refractivity contribution in [1.82, 2.24) is 9.80 Å². The maximum Gasteiger partial charge on any atom is 0.236 e. The Morgan fingerprint density at radius 2 is 1.82 bits per heavy atom. The number of carbonyl (C=O) groups excluding carboxylic acids is 1. The van der Waals surface area contributed by atoms with Crippen molar-refractivity contribution in [2.45, 2.75) is 31.4 Å². The molecular formula is C23H28N2O3. The lowest BCUT2D eigenvalue weighted by Crippen LogP contribution is -2.45. The van der Waals surface area contributed by atoms with Gasteiger partial charge in [-0.15, -0.1) is 0 Å². The lowest BCUT2D eigenvalue weighted by atomic mass is 9.87. The van der Waals surface area contributed by atoms with Crippen LogP contribution < -0.4 is 9.47 Å². The molecule has 2 atom stereocenters. The van der Waals surface area contributed by atoms with Crippen LogP contribution in [0.2, 0.25) is 0 Å². The summed E-state index contributed by atoms with van der Waals surface area (Å²) in [4.78, 5) is 16.8. The zero-order valence-electron chi connectivity index (χ0n) is 16.6. The average Bonchev–Trinajstić information content (AvgIpc) is 2.73. The first-order valence-corrected chi connectivity index (χ1v) is 10.0. The summed E-state index contributed by atoms with van der Waals surface area (Å²) in [5, 5.41) is 0. The zero-order chi connectivity index (χ0) is 19.5. The van der Waals surface area contributed by atoms with Crippen LogP contribution in [0.4, 0.5) is 0 Å². The van der Waals surface area contributed by atoms with E-state index in [2.05, 4.69) is 36.2 Å². The van der Waals surface area contributed by atoms with Crippen molar-refractivity contribution in [3.05, 3.63) is 59.7 Å². The Hall–Kier alpha value is -2.53. The van der Waals surface area contributed by atoms with E-state index in [0.717, 1.165) is 24.3 Å². The van der Waals surface area contributed by atoms with E-state index in [0.29, 0.717) is 25.7 Å². The largest absolute Gasteiger partial charge is 0.486 e. The van der Waals surface area contributed by atoms with Gasteiger partial charge in [0.15, 0.2) is 17.6 Å². The molecule has 1 heterocycles. The minimum absolute atomic E-state index is 0.105. The standard InChI is InChI=1S/C23H28N2O3/c1-24(20-11-7-9-17-8-3-4-10-19(17)20)15-23(26)25(2)14-18-16-27-21-12-5-6-13-22(21)28-18/h3-6,8,10,12-13,18,20H,7,9,11,14-16H2,1-2H3/t18-,20-/m0/s1. The van der Waals surface area contributed by atoms with Crippen LogP contribution in [0.1, 0.15) is 30.0 Å². The number of carbonyl (C=O) groups is 1. The quantitative estimate of drug-likeness (QED) is 0.798. The molecule has 0 N–H and O–H groups in total. The summed E-state index contributed by atoms with van der Waals surface area (Å²) in [6.07, 6.45) is 3.25. The molecule has 28 heavy (non-hydrogen) atoms. The highest BCUT2D eigenvalue weighted by Crippen LogP contribution is 2.33. The highest BCUT2D eigenvalue weighted by atomic mass is 16.6. The minimum Gasteiger partial charge on any atom is -0.486 e. The molecular weight excluding hydrogens is 352 g/mol. The van der Waals surface area contributed by atoms with Crippen LogP contribution in [-0.4, -0.2) is 55.6 Å². The maximum atomic E-state index is 12.8. The number of amides is 1. The van der Waals surface area contributed by atoms with Crippen molar-refractivity contribution in [3.63, 3.8) is 0 Å². The van der Waals surface area contributed by atoms with E-state index in [-0.39, 0.29) is 12.0 Å². The first-order valence-electron chi connectivity index (χ1n) is 10.0. The van der Waals surface area contributed by atoms with Gasteiger partial charge in [0.05, 0.1) is 13.1 Å². The second kappa shape index (κ2) is 8.23. The van der Waals surface area contributed by atoms with E-state index in [4.69, 9.17) is 9.47 Å². The van der Waals surface area contributed by atoms with Gasteiger partial charge in [0.2, 0.25) is 5.91 Å². The van der Waals surface area contributed by atoms with Crippen LogP contribution in [0, 0.1) is 0 Å². The van der Waals surface area contributed by atoms with Gasteiger partial charge in [0, 0.05) is 13.1 Å². The van der Waals surface area contributed by atoms with E-state index in [9.17, 15) is 4.79 Å². The van der Waals surface area contributed by atoms with E-state index >= 15 is 0 Å². The molecule has 0 unspecified atom stereocenters. The molecule has 2 aromatic carbocycles. The second-order valence-corrected chi connectivity index (χ2v) is 7.79. The van der Waals surface area contributed by atoms with Gasteiger partial charge < -0.3 is 14.4 Å². The molecule has 0 saturated heterocycles. The number of benzene rings is 2. The first kappa shape index (κ1) is 18.8. The van der Waals surface area contributed by atoms with E-state index in [1.165, 1.54) is 17.5 Å². The normalized spacial score (nSPS) is 20.5. The number of rotatable bonds is 5. The lowest BCUT2D eigenvalue weighted by molar-refractivity contribution is -0.132. The zero-order valence-corrected chi connectivity index (χ0v) is 16.6. The Bertz CT molecular complexity index is 838. The van der Waals surface area contributed by atoms with Gasteiger partial charge in [-0.3, -0.25) is 9.69 Å². The van der Waals surface area contributed by atoms with Crippen LogP contribution in [-0.2, 0) is 11.2 Å². The van der Waals surface area contributed by atoms with Gasteiger partial charge in [0.25, 0.3) is 0 Å². The van der Waals surface area contributed by atoms with Gasteiger partial charge >= 0.3 is 0 Å². The highest BCUT2D eigenvalue weighted by Gasteiger charge is 2.27. The fourth-order valence-corrected chi connectivity index (χ4v) is 4.19. The molecule has 1 amide bonds. The van der Waals surface area contributed by atoms with Gasteiger partial charge in [-0.05, 0) is 49.6 Å². The van der Waals surface area contributed by atoms with Crippen molar-refractivity contribution in [1.29, 1.82) is 0 Å². The second-order valence-electron chi connectivity index (χ2n) is 7.79. The molecule has 5 nitrogen and oxygen atoms in total. The first-order chi connectivity index (χ1) is 13.6. The number of nitrogens with zero attached hydrogens (tertiary/aromatic N) is 2. The topological polar surface area (TPSA) is 42.0 Å². The molecule has 2 aliphatic rings. The molecule has 5 heteroatoms. The predicted octanol–water partition coefficient (Wildman–Crippen LogP) is 3.29. The lowest BCUT2D eigenvalue weighted by Gasteiger charge is -2.34. The molecule has 0 spiro atoms. The van der Waals surface area contributed by atoms with Gasteiger partial charge in [0.1, 0.15) is 6.61 Å². The van der Waals surface area contributed by atoms with Gasteiger partial charge in [-0.25, -0.2) is 0 Å². The summed E-state index contributed by atoms with van der Waals surface area (Å²) in [6.45, 7) is 1.38. The Labute approximate surface area is 166 Å². The van der Waals surface area contributed by atoms with Crippen LogP contribution in [0.25, 0.3) is 0 Å². The van der Waals surface area contributed by atoms with Crippen molar-refractivity contribution in [2.75, 3.05) is 33.8 Å². The Kier molecular flexibility index (Phi) is 5.53. The van der Waals surface area contributed by atoms with Crippen molar-refractivity contribution in [3.8, 4) is 11.5 Å². The summed E-state index contributed by atoms with van der Waals surface area (Å²) in [5.74, 6) is 1.62. The summed E-state index contributed by atoms with van der Waals surface area (Å²) < 4.78 is 11.7. The molecule has 0 bridgehead atoms. The number of ether oxygens (including phenoxy) is 2. The van der Waals surface area contributed by atoms with E-state index in [1.807, 2.05) is 31.3 Å². The maximum absolute atomic E-state index is 12.8. The number of aryl methyl sites for hydroxylation is 1. The Morgan fingerprint density at radius 1 is 1.07 bits per heavy atom. The SMILES string of the molecule is CN(C[C@H]1COc2ccccc2O1)C(=O)CN(C)[C@H]1CCCc2ccccc21. The van der Waals surface area contributed by atoms with Crippen LogP contribution in [0.3, 0.4) is 0 Å².